The summed E-state index contributed by atoms with van der Waals surface area (Å²) in [5, 5.41) is 10.2. The number of nitrogens with zero attached hydrogens (tertiary/aromatic N) is 2. The number of benzene rings is 1. The van der Waals surface area contributed by atoms with Gasteiger partial charge in [-0.2, -0.15) is 0 Å². The molecule has 2 heterocycles. The fourth-order valence-corrected chi connectivity index (χ4v) is 2.77. The van der Waals surface area contributed by atoms with Crippen LogP contribution in [0.1, 0.15) is 10.5 Å². The molecule has 3 rings (SSSR count). The van der Waals surface area contributed by atoms with Crippen LogP contribution in [-0.4, -0.2) is 21.0 Å². The molecule has 0 amide bonds. The quantitative estimate of drug-likeness (QED) is 0.781. The number of carboxylic acids is 1. The first-order chi connectivity index (χ1) is 9.13. The van der Waals surface area contributed by atoms with Gasteiger partial charge in [0.25, 0.3) is 0 Å². The van der Waals surface area contributed by atoms with Crippen LogP contribution in [0.3, 0.4) is 0 Å². The van der Waals surface area contributed by atoms with Crippen molar-refractivity contribution in [3.63, 3.8) is 0 Å². The first-order valence-electron chi connectivity index (χ1n) is 5.40. The van der Waals surface area contributed by atoms with Crippen molar-refractivity contribution in [2.75, 3.05) is 0 Å². The van der Waals surface area contributed by atoms with E-state index < -0.39 is 5.97 Å². The van der Waals surface area contributed by atoms with Crippen molar-refractivity contribution in [2.24, 2.45) is 0 Å². The van der Waals surface area contributed by atoms with Crippen LogP contribution in [-0.2, 0) is 0 Å². The third-order valence-electron chi connectivity index (χ3n) is 2.54. The van der Waals surface area contributed by atoms with E-state index in [2.05, 4.69) is 9.97 Å². The molecule has 2 aromatic heterocycles. The predicted octanol–water partition coefficient (Wildman–Crippen LogP) is 3.71. The van der Waals surface area contributed by atoms with Gasteiger partial charge in [0.1, 0.15) is 10.7 Å². The zero-order chi connectivity index (χ0) is 13.4. The van der Waals surface area contributed by atoms with Gasteiger partial charge in [-0.05, 0) is 30.3 Å². The van der Waals surface area contributed by atoms with E-state index in [1.807, 2.05) is 6.07 Å². The molecule has 3 aromatic rings. The Morgan fingerprint density at radius 2 is 2.05 bits per heavy atom. The molecule has 0 spiro atoms. The average molecular weight is 291 g/mol. The maximum atomic E-state index is 10.9. The Morgan fingerprint density at radius 1 is 1.21 bits per heavy atom. The lowest BCUT2D eigenvalue weighted by Crippen LogP contribution is -2.00. The van der Waals surface area contributed by atoms with Crippen molar-refractivity contribution < 1.29 is 9.90 Å². The van der Waals surface area contributed by atoms with Gasteiger partial charge in [-0.25, -0.2) is 14.8 Å². The summed E-state index contributed by atoms with van der Waals surface area (Å²) in [6.45, 7) is 0. The highest BCUT2D eigenvalue weighted by atomic mass is 35.5. The molecule has 6 heteroatoms. The standard InChI is InChI=1S/C13H7ClN2O2S/c14-7-4-5-11-10(6-7)16-12(19-11)8-2-1-3-9(15-8)13(17)18/h1-6H,(H,17,18). The van der Waals surface area contributed by atoms with Crippen molar-refractivity contribution in [1.82, 2.24) is 9.97 Å². The number of pyridine rings is 1. The van der Waals surface area contributed by atoms with Crippen LogP contribution in [0.15, 0.2) is 36.4 Å². The average Bonchev–Trinajstić information content (AvgIpc) is 2.81. The highest BCUT2D eigenvalue weighted by molar-refractivity contribution is 7.21. The molecule has 0 saturated carbocycles. The van der Waals surface area contributed by atoms with Gasteiger partial charge < -0.3 is 5.11 Å². The molecule has 0 aliphatic heterocycles. The minimum absolute atomic E-state index is 0.00906. The molecule has 0 aliphatic rings. The summed E-state index contributed by atoms with van der Waals surface area (Å²) in [7, 11) is 0. The topological polar surface area (TPSA) is 63.1 Å². The van der Waals surface area contributed by atoms with Gasteiger partial charge in [0.15, 0.2) is 0 Å². The number of aromatic carboxylic acids is 1. The lowest BCUT2D eigenvalue weighted by Gasteiger charge is -1.96. The van der Waals surface area contributed by atoms with E-state index in [0.717, 1.165) is 10.2 Å². The summed E-state index contributed by atoms with van der Waals surface area (Å²) in [5.41, 5.74) is 1.35. The Kier molecular flexibility index (Phi) is 2.93. The summed E-state index contributed by atoms with van der Waals surface area (Å²) < 4.78 is 0.988. The van der Waals surface area contributed by atoms with Crippen LogP contribution in [0.4, 0.5) is 0 Å². The number of thiazole rings is 1. The Hall–Kier alpha value is -1.98. The number of hydrogen-bond acceptors (Lipinski definition) is 4. The van der Waals surface area contributed by atoms with Crippen LogP contribution in [0.25, 0.3) is 20.9 Å². The van der Waals surface area contributed by atoms with Gasteiger partial charge in [0.05, 0.1) is 15.9 Å². The number of fused-ring (bicyclic) bond motifs is 1. The largest absolute Gasteiger partial charge is 0.477 e. The lowest BCUT2D eigenvalue weighted by atomic mass is 10.3. The van der Waals surface area contributed by atoms with Crippen molar-refractivity contribution in [3.8, 4) is 10.7 Å². The maximum absolute atomic E-state index is 10.9. The second kappa shape index (κ2) is 4.60. The van der Waals surface area contributed by atoms with Crippen molar-refractivity contribution >= 4 is 39.1 Å². The molecule has 0 bridgehead atoms. The fraction of sp³-hybridized carbons (Fsp3) is 0. The van der Waals surface area contributed by atoms with Gasteiger partial charge in [0.2, 0.25) is 0 Å². The van der Waals surface area contributed by atoms with E-state index in [1.54, 1.807) is 24.3 Å². The number of halogens is 1. The monoisotopic (exact) mass is 290 g/mol. The van der Waals surface area contributed by atoms with Gasteiger partial charge in [-0.1, -0.05) is 17.7 Å². The van der Waals surface area contributed by atoms with Crippen LogP contribution < -0.4 is 0 Å². The van der Waals surface area contributed by atoms with Crippen LogP contribution in [0.5, 0.6) is 0 Å². The molecule has 1 aromatic carbocycles. The van der Waals surface area contributed by atoms with Crippen molar-refractivity contribution in [3.05, 3.63) is 47.1 Å². The summed E-state index contributed by atoms with van der Waals surface area (Å²) in [6, 6.07) is 10.3. The summed E-state index contributed by atoms with van der Waals surface area (Å²) in [6.07, 6.45) is 0. The van der Waals surface area contributed by atoms with Gasteiger partial charge >= 0.3 is 5.97 Å². The molecule has 1 N–H and O–H groups in total. The zero-order valence-corrected chi connectivity index (χ0v) is 11.1. The number of aromatic nitrogens is 2. The molecular formula is C13H7ClN2O2S. The van der Waals surface area contributed by atoms with E-state index in [-0.39, 0.29) is 5.69 Å². The Balaban J connectivity index is 2.13. The molecule has 0 aliphatic carbocycles. The van der Waals surface area contributed by atoms with Crippen molar-refractivity contribution in [1.29, 1.82) is 0 Å². The smallest absolute Gasteiger partial charge is 0.354 e. The summed E-state index contributed by atoms with van der Waals surface area (Å²) >= 11 is 7.37. The minimum Gasteiger partial charge on any atom is -0.477 e. The number of rotatable bonds is 2. The Bertz CT molecular complexity index is 785. The Morgan fingerprint density at radius 3 is 2.84 bits per heavy atom. The van der Waals surface area contributed by atoms with Crippen LogP contribution >= 0.6 is 22.9 Å². The molecule has 19 heavy (non-hydrogen) atoms. The molecular weight excluding hydrogens is 284 g/mol. The highest BCUT2D eigenvalue weighted by Crippen LogP contribution is 2.30. The third-order valence-corrected chi connectivity index (χ3v) is 3.83. The second-order valence-corrected chi connectivity index (χ2v) is 5.31. The second-order valence-electron chi connectivity index (χ2n) is 3.84. The molecule has 94 valence electrons. The minimum atomic E-state index is -1.05. The zero-order valence-electron chi connectivity index (χ0n) is 9.50. The van der Waals surface area contributed by atoms with E-state index in [9.17, 15) is 4.79 Å². The number of hydrogen-bond donors (Lipinski definition) is 1. The third kappa shape index (κ3) is 2.30. The predicted molar refractivity (Wildman–Crippen MR) is 74.8 cm³/mol. The molecule has 4 nitrogen and oxygen atoms in total. The summed E-state index contributed by atoms with van der Waals surface area (Å²) in [4.78, 5) is 19.4. The van der Waals surface area contributed by atoms with Crippen LogP contribution in [0, 0.1) is 0 Å². The molecule has 0 atom stereocenters. The first kappa shape index (κ1) is 12.1. The Labute approximate surface area is 117 Å². The van der Waals surface area contributed by atoms with Crippen molar-refractivity contribution in [2.45, 2.75) is 0 Å². The maximum Gasteiger partial charge on any atom is 0.354 e. The van der Waals surface area contributed by atoms with E-state index in [1.165, 1.54) is 17.4 Å². The molecule has 0 radical (unpaired) electrons. The van der Waals surface area contributed by atoms with Gasteiger partial charge in [-0.3, -0.25) is 0 Å². The molecule has 0 saturated heterocycles. The first-order valence-corrected chi connectivity index (χ1v) is 6.60. The molecule has 0 unspecified atom stereocenters. The summed E-state index contributed by atoms with van der Waals surface area (Å²) in [5.74, 6) is -1.05. The number of carboxylic acid groups (broad SMARTS) is 1. The van der Waals surface area contributed by atoms with Gasteiger partial charge in [0, 0.05) is 5.02 Å². The van der Waals surface area contributed by atoms with E-state index >= 15 is 0 Å². The number of carbonyl (C=O) groups is 1. The van der Waals surface area contributed by atoms with E-state index in [0.29, 0.717) is 15.7 Å². The van der Waals surface area contributed by atoms with Crippen LogP contribution in [0.2, 0.25) is 5.02 Å². The normalized spacial score (nSPS) is 10.8. The van der Waals surface area contributed by atoms with E-state index in [4.69, 9.17) is 16.7 Å². The fourth-order valence-electron chi connectivity index (χ4n) is 1.68. The lowest BCUT2D eigenvalue weighted by molar-refractivity contribution is 0.0690. The SMILES string of the molecule is O=C(O)c1cccc(-c2nc3cc(Cl)ccc3s2)n1. The van der Waals surface area contributed by atoms with Gasteiger partial charge in [-0.15, -0.1) is 11.3 Å². The molecule has 0 fully saturated rings. The highest BCUT2D eigenvalue weighted by Gasteiger charge is 2.10.